The number of hydrogen-bond acceptors (Lipinski definition) is 7. The van der Waals surface area contributed by atoms with Gasteiger partial charge < -0.3 is 28.7 Å². The first-order valence-electron chi connectivity index (χ1n) is 8.56. The van der Waals surface area contributed by atoms with Crippen LogP contribution in [0.15, 0.2) is 21.3 Å². The summed E-state index contributed by atoms with van der Waals surface area (Å²) in [5, 5.41) is 11.8. The van der Waals surface area contributed by atoms with Crippen molar-refractivity contribution < 1.29 is 28.6 Å². The molecule has 0 saturated carbocycles. The summed E-state index contributed by atoms with van der Waals surface area (Å²) in [5.41, 5.74) is 0.466. The number of amides is 1. The highest BCUT2D eigenvalue weighted by Crippen LogP contribution is 2.33. The zero-order valence-corrected chi connectivity index (χ0v) is 15.4. The van der Waals surface area contributed by atoms with Crippen molar-refractivity contribution in [1.82, 2.24) is 4.90 Å². The van der Waals surface area contributed by atoms with Crippen molar-refractivity contribution in [2.24, 2.45) is 0 Å². The Hall–Kier alpha value is -3.03. The van der Waals surface area contributed by atoms with Crippen LogP contribution in [0.5, 0.6) is 11.5 Å². The summed E-state index contributed by atoms with van der Waals surface area (Å²) in [4.78, 5) is 37.5. The van der Waals surface area contributed by atoms with Crippen molar-refractivity contribution >= 4 is 22.8 Å². The van der Waals surface area contributed by atoms with Crippen molar-refractivity contribution in [3.63, 3.8) is 0 Å². The first-order valence-corrected chi connectivity index (χ1v) is 8.56. The molecule has 0 N–H and O–H groups in total. The minimum Gasteiger partial charge on any atom is -0.548 e. The summed E-state index contributed by atoms with van der Waals surface area (Å²) >= 11 is 0. The molecule has 1 aliphatic heterocycles. The molecule has 8 nitrogen and oxygen atoms in total. The summed E-state index contributed by atoms with van der Waals surface area (Å²) in [6.45, 7) is 2.05. The number of carbonyl (C=O) groups is 2. The Bertz CT molecular complexity index is 963. The van der Waals surface area contributed by atoms with E-state index in [4.69, 9.17) is 13.9 Å². The van der Waals surface area contributed by atoms with Crippen LogP contribution in [-0.2, 0) is 16.0 Å². The molecule has 27 heavy (non-hydrogen) atoms. The topological polar surface area (TPSA) is 109 Å². The van der Waals surface area contributed by atoms with E-state index in [-0.39, 0.29) is 12.0 Å². The highest BCUT2D eigenvalue weighted by Gasteiger charge is 2.30. The van der Waals surface area contributed by atoms with Gasteiger partial charge in [0, 0.05) is 18.0 Å². The molecule has 2 aromatic rings. The number of nitrogens with zero attached hydrogens (tertiary/aromatic N) is 1. The molecule has 0 radical (unpaired) electrons. The molecule has 8 heteroatoms. The molecule has 1 aromatic heterocycles. The van der Waals surface area contributed by atoms with Gasteiger partial charge in [0.2, 0.25) is 5.91 Å². The van der Waals surface area contributed by atoms with Gasteiger partial charge in [-0.05, 0) is 31.4 Å². The molecule has 0 unspecified atom stereocenters. The van der Waals surface area contributed by atoms with Gasteiger partial charge in [0.25, 0.3) is 0 Å². The number of carbonyl (C=O) groups excluding carboxylic acids is 2. The number of rotatable bonds is 5. The fourth-order valence-corrected chi connectivity index (χ4v) is 3.48. The van der Waals surface area contributed by atoms with Crippen LogP contribution >= 0.6 is 0 Å². The monoisotopic (exact) mass is 374 g/mol. The maximum atomic E-state index is 12.6. The van der Waals surface area contributed by atoms with Crippen molar-refractivity contribution in [3.05, 3.63) is 33.7 Å². The molecular formula is C19H20NO7-. The van der Waals surface area contributed by atoms with E-state index in [0.717, 1.165) is 0 Å². The van der Waals surface area contributed by atoms with Gasteiger partial charge in [-0.1, -0.05) is 0 Å². The van der Waals surface area contributed by atoms with Crippen LogP contribution in [0.3, 0.4) is 0 Å². The first kappa shape index (κ1) is 18.8. The van der Waals surface area contributed by atoms with Crippen LogP contribution in [0.25, 0.3) is 11.0 Å². The van der Waals surface area contributed by atoms with Gasteiger partial charge in [-0.3, -0.25) is 4.79 Å². The largest absolute Gasteiger partial charge is 0.548 e. The number of carboxylic acid groups (broad SMARTS) is 1. The minimum atomic E-state index is -1.28. The quantitative estimate of drug-likeness (QED) is 0.697. The van der Waals surface area contributed by atoms with Crippen LogP contribution in [0.1, 0.15) is 24.0 Å². The number of carboxylic acids is 1. The third-order valence-electron chi connectivity index (χ3n) is 4.96. The Labute approximate surface area is 155 Å². The summed E-state index contributed by atoms with van der Waals surface area (Å²) in [6, 6.07) is 2.29. The maximum absolute atomic E-state index is 12.6. The third-order valence-corrected chi connectivity index (χ3v) is 4.96. The molecule has 0 aliphatic carbocycles. The van der Waals surface area contributed by atoms with Gasteiger partial charge in [0.1, 0.15) is 5.58 Å². The predicted octanol–water partition coefficient (Wildman–Crippen LogP) is 0.402. The standard InChI is InChI=1S/C19H21NO7/c1-10-11-7-15(25-2)16(26-3)9-14(11)27-19(24)12(10)8-17(21)20-6-4-5-13(20)18(22)23/h7,9,13H,4-6,8H2,1-3H3,(H,22,23)/p-1/t13-/m1/s1. The van der Waals surface area contributed by atoms with E-state index in [0.29, 0.717) is 47.4 Å². The van der Waals surface area contributed by atoms with E-state index in [2.05, 4.69) is 0 Å². The number of fused-ring (bicyclic) bond motifs is 1. The lowest BCUT2D eigenvalue weighted by molar-refractivity contribution is -0.310. The van der Waals surface area contributed by atoms with Crippen LogP contribution in [0.4, 0.5) is 0 Å². The molecule has 0 spiro atoms. The van der Waals surface area contributed by atoms with E-state index < -0.39 is 23.5 Å². The Kier molecular flexibility index (Phi) is 5.07. The molecule has 3 rings (SSSR count). The highest BCUT2D eigenvalue weighted by molar-refractivity contribution is 5.88. The van der Waals surface area contributed by atoms with Crippen molar-refractivity contribution in [2.75, 3.05) is 20.8 Å². The Morgan fingerprint density at radius 3 is 2.56 bits per heavy atom. The summed E-state index contributed by atoms with van der Waals surface area (Å²) in [7, 11) is 2.97. The molecule has 0 bridgehead atoms. The summed E-state index contributed by atoms with van der Waals surface area (Å²) in [5.74, 6) is -0.821. The van der Waals surface area contributed by atoms with Gasteiger partial charge in [-0.25, -0.2) is 4.79 Å². The lowest BCUT2D eigenvalue weighted by Crippen LogP contribution is -2.47. The second-order valence-electron chi connectivity index (χ2n) is 6.44. The molecule has 1 fully saturated rings. The van der Waals surface area contributed by atoms with E-state index in [1.807, 2.05) is 0 Å². The number of aryl methyl sites for hydroxylation is 1. The molecule has 144 valence electrons. The van der Waals surface area contributed by atoms with Crippen molar-refractivity contribution in [3.8, 4) is 11.5 Å². The SMILES string of the molecule is COc1cc2oc(=O)c(CC(=O)N3CCC[C@@H]3C(=O)[O-])c(C)c2cc1OC. The average Bonchev–Trinajstić information content (AvgIpc) is 3.14. The van der Waals surface area contributed by atoms with Gasteiger partial charge in [-0.15, -0.1) is 0 Å². The number of ether oxygens (including phenoxy) is 2. The van der Waals surface area contributed by atoms with Gasteiger partial charge in [0.05, 0.1) is 38.2 Å². The lowest BCUT2D eigenvalue weighted by atomic mass is 10.0. The minimum absolute atomic E-state index is 0.198. The number of methoxy groups -OCH3 is 2. The predicted molar refractivity (Wildman–Crippen MR) is 93.8 cm³/mol. The second kappa shape index (κ2) is 7.30. The van der Waals surface area contributed by atoms with Crippen LogP contribution in [-0.4, -0.2) is 43.6 Å². The van der Waals surface area contributed by atoms with Crippen LogP contribution in [0.2, 0.25) is 0 Å². The smallest absolute Gasteiger partial charge is 0.340 e. The Balaban J connectivity index is 2.01. The first-order chi connectivity index (χ1) is 12.9. The molecule has 1 amide bonds. The zero-order valence-electron chi connectivity index (χ0n) is 15.4. The van der Waals surface area contributed by atoms with E-state index >= 15 is 0 Å². The zero-order chi connectivity index (χ0) is 19.7. The van der Waals surface area contributed by atoms with E-state index in [9.17, 15) is 19.5 Å². The molecule has 1 aromatic carbocycles. The average molecular weight is 374 g/mol. The maximum Gasteiger partial charge on any atom is 0.340 e. The van der Waals surface area contributed by atoms with E-state index in [1.165, 1.54) is 19.1 Å². The number of benzene rings is 1. The molecule has 1 saturated heterocycles. The van der Waals surface area contributed by atoms with Gasteiger partial charge in [0.15, 0.2) is 11.5 Å². The van der Waals surface area contributed by atoms with Crippen molar-refractivity contribution in [2.45, 2.75) is 32.2 Å². The molecule has 2 heterocycles. The van der Waals surface area contributed by atoms with Crippen LogP contribution < -0.4 is 20.2 Å². The molecular weight excluding hydrogens is 354 g/mol. The van der Waals surface area contributed by atoms with Gasteiger partial charge in [-0.2, -0.15) is 0 Å². The Morgan fingerprint density at radius 1 is 1.26 bits per heavy atom. The fraction of sp³-hybridized carbons (Fsp3) is 0.421. The van der Waals surface area contributed by atoms with Gasteiger partial charge >= 0.3 is 5.63 Å². The summed E-state index contributed by atoms with van der Waals surface area (Å²) < 4.78 is 15.9. The number of likely N-dealkylation sites (tertiary alicyclic amines) is 1. The van der Waals surface area contributed by atoms with Crippen molar-refractivity contribution in [1.29, 1.82) is 0 Å². The number of hydrogen-bond donors (Lipinski definition) is 0. The third kappa shape index (κ3) is 3.34. The van der Waals surface area contributed by atoms with Crippen LogP contribution in [0, 0.1) is 6.92 Å². The fourth-order valence-electron chi connectivity index (χ4n) is 3.48. The summed E-state index contributed by atoms with van der Waals surface area (Å²) in [6.07, 6.45) is 0.714. The molecule has 1 aliphatic rings. The molecule has 1 atom stereocenters. The normalized spacial score (nSPS) is 16.6. The highest BCUT2D eigenvalue weighted by atomic mass is 16.5. The van der Waals surface area contributed by atoms with E-state index in [1.54, 1.807) is 19.1 Å². The number of aliphatic carboxylic acids is 1. The Morgan fingerprint density at radius 2 is 1.93 bits per heavy atom. The second-order valence-corrected chi connectivity index (χ2v) is 6.44. The lowest BCUT2D eigenvalue weighted by Gasteiger charge is -2.25.